The summed E-state index contributed by atoms with van der Waals surface area (Å²) in [5, 5.41) is 12.3. The van der Waals surface area contributed by atoms with E-state index in [1.54, 1.807) is 0 Å². The van der Waals surface area contributed by atoms with Crippen LogP contribution in [0.25, 0.3) is 0 Å². The van der Waals surface area contributed by atoms with Gasteiger partial charge < -0.3 is 5.32 Å². The third-order valence-electron chi connectivity index (χ3n) is 3.73. The molecule has 0 spiro atoms. The van der Waals surface area contributed by atoms with Gasteiger partial charge in [-0.2, -0.15) is 5.26 Å². The fourth-order valence-electron chi connectivity index (χ4n) is 2.96. The molecule has 0 aliphatic heterocycles. The van der Waals surface area contributed by atoms with E-state index in [0.717, 1.165) is 30.5 Å². The van der Waals surface area contributed by atoms with E-state index in [1.807, 2.05) is 24.3 Å². The Morgan fingerprint density at radius 3 is 2.68 bits per heavy atom. The van der Waals surface area contributed by atoms with Crippen LogP contribution in [0, 0.1) is 23.2 Å². The minimum Gasteiger partial charge on any atom is -0.312 e. The Bertz CT molecular complexity index is 479. The summed E-state index contributed by atoms with van der Waals surface area (Å²) in [6, 6.07) is 9.96. The van der Waals surface area contributed by atoms with Crippen LogP contribution < -0.4 is 5.32 Å². The summed E-state index contributed by atoms with van der Waals surface area (Å²) >= 11 is 0. The van der Waals surface area contributed by atoms with Crippen LogP contribution in [0.4, 0.5) is 0 Å². The van der Waals surface area contributed by atoms with E-state index < -0.39 is 0 Å². The van der Waals surface area contributed by atoms with Crippen molar-refractivity contribution < 1.29 is 0 Å². The Hall–Kier alpha value is -1.59. The van der Waals surface area contributed by atoms with Gasteiger partial charge in [-0.3, -0.25) is 0 Å². The van der Waals surface area contributed by atoms with Gasteiger partial charge in [-0.15, -0.1) is 0 Å². The van der Waals surface area contributed by atoms with Gasteiger partial charge in [0.2, 0.25) is 0 Å². The van der Waals surface area contributed by atoms with Gasteiger partial charge in [0.1, 0.15) is 0 Å². The van der Waals surface area contributed by atoms with Gasteiger partial charge in [0.25, 0.3) is 0 Å². The van der Waals surface area contributed by atoms with Gasteiger partial charge in [-0.25, -0.2) is 0 Å². The molecule has 0 heterocycles. The van der Waals surface area contributed by atoms with Crippen LogP contribution in [0.3, 0.4) is 0 Å². The molecular weight excluding hydrogens is 232 g/mol. The molecule has 0 radical (unpaired) electrons. The van der Waals surface area contributed by atoms with Gasteiger partial charge in [-0.1, -0.05) is 30.7 Å². The standard InChI is InChI=1S/C17H22N2/c1-13-7-14(2)9-17(8-13)12-19-11-16-5-3-15(10-18)4-6-16/h3-7,13,17,19H,8-9,11-12H2,1-2H3. The molecule has 0 saturated carbocycles. The van der Waals surface area contributed by atoms with Crippen LogP contribution in [0.1, 0.15) is 37.8 Å². The van der Waals surface area contributed by atoms with Crippen molar-refractivity contribution in [3.05, 3.63) is 47.0 Å². The molecule has 1 aliphatic carbocycles. The molecule has 0 saturated heterocycles. The third kappa shape index (κ3) is 4.22. The molecule has 0 bridgehead atoms. The van der Waals surface area contributed by atoms with Crippen molar-refractivity contribution in [3.8, 4) is 6.07 Å². The first-order chi connectivity index (χ1) is 9.17. The molecular formula is C17H22N2. The van der Waals surface area contributed by atoms with E-state index in [-0.39, 0.29) is 0 Å². The van der Waals surface area contributed by atoms with Crippen LogP contribution in [-0.2, 0) is 6.54 Å². The maximum atomic E-state index is 8.75. The predicted octanol–water partition coefficient (Wildman–Crippen LogP) is 3.64. The lowest BCUT2D eigenvalue weighted by Gasteiger charge is -2.25. The Balaban J connectivity index is 1.77. The van der Waals surface area contributed by atoms with Crippen molar-refractivity contribution in [2.75, 3.05) is 6.54 Å². The lowest BCUT2D eigenvalue weighted by atomic mass is 9.84. The van der Waals surface area contributed by atoms with Crippen molar-refractivity contribution in [2.45, 2.75) is 33.2 Å². The number of nitriles is 1. The maximum absolute atomic E-state index is 8.75. The second-order valence-corrected chi connectivity index (χ2v) is 5.74. The Morgan fingerprint density at radius 1 is 1.32 bits per heavy atom. The predicted molar refractivity (Wildman–Crippen MR) is 78.5 cm³/mol. The van der Waals surface area contributed by atoms with Crippen LogP contribution in [0.2, 0.25) is 0 Å². The average Bonchev–Trinajstić information content (AvgIpc) is 2.38. The zero-order valence-electron chi connectivity index (χ0n) is 11.8. The zero-order valence-corrected chi connectivity index (χ0v) is 11.8. The molecule has 1 aliphatic rings. The minimum atomic E-state index is 0.718. The van der Waals surface area contributed by atoms with Crippen LogP contribution in [-0.4, -0.2) is 6.54 Å². The van der Waals surface area contributed by atoms with Crippen molar-refractivity contribution in [1.29, 1.82) is 5.26 Å². The van der Waals surface area contributed by atoms with Gasteiger partial charge in [0, 0.05) is 6.54 Å². The smallest absolute Gasteiger partial charge is 0.0991 e. The largest absolute Gasteiger partial charge is 0.312 e. The van der Waals surface area contributed by atoms with Gasteiger partial charge in [0.15, 0.2) is 0 Å². The van der Waals surface area contributed by atoms with E-state index in [2.05, 4.69) is 31.3 Å². The number of allylic oxidation sites excluding steroid dienone is 2. The lowest BCUT2D eigenvalue weighted by molar-refractivity contribution is 0.381. The van der Waals surface area contributed by atoms with Crippen molar-refractivity contribution >= 4 is 0 Å². The molecule has 2 atom stereocenters. The molecule has 2 heteroatoms. The van der Waals surface area contributed by atoms with Crippen LogP contribution >= 0.6 is 0 Å². The summed E-state index contributed by atoms with van der Waals surface area (Å²) in [6.07, 6.45) is 4.92. The summed E-state index contributed by atoms with van der Waals surface area (Å²) in [6.45, 7) is 6.51. The number of rotatable bonds is 4. The zero-order chi connectivity index (χ0) is 13.7. The molecule has 19 heavy (non-hydrogen) atoms. The molecule has 2 nitrogen and oxygen atoms in total. The van der Waals surface area contributed by atoms with Crippen LogP contribution in [0.15, 0.2) is 35.9 Å². The molecule has 100 valence electrons. The summed E-state index contributed by atoms with van der Waals surface area (Å²) in [5.74, 6) is 1.48. The molecule has 2 rings (SSSR count). The van der Waals surface area contributed by atoms with E-state index >= 15 is 0 Å². The van der Waals surface area contributed by atoms with Crippen molar-refractivity contribution in [1.82, 2.24) is 5.32 Å². The number of hydrogen-bond acceptors (Lipinski definition) is 2. The number of nitrogens with one attached hydrogen (secondary N) is 1. The quantitative estimate of drug-likeness (QED) is 0.833. The summed E-state index contributed by atoms with van der Waals surface area (Å²) in [5.41, 5.74) is 3.50. The second kappa shape index (κ2) is 6.54. The molecule has 2 unspecified atom stereocenters. The van der Waals surface area contributed by atoms with Gasteiger partial charge >= 0.3 is 0 Å². The highest BCUT2D eigenvalue weighted by atomic mass is 14.9. The van der Waals surface area contributed by atoms with E-state index in [0.29, 0.717) is 0 Å². The highest BCUT2D eigenvalue weighted by Crippen LogP contribution is 2.27. The average molecular weight is 254 g/mol. The minimum absolute atomic E-state index is 0.718. The normalized spacial score (nSPS) is 22.7. The van der Waals surface area contributed by atoms with E-state index in [1.165, 1.54) is 24.0 Å². The molecule has 1 N–H and O–H groups in total. The molecule has 1 aromatic rings. The SMILES string of the molecule is CC1=CC(C)CC(CNCc2ccc(C#N)cc2)C1. The number of benzene rings is 1. The molecule has 0 fully saturated rings. The lowest BCUT2D eigenvalue weighted by Crippen LogP contribution is -2.25. The first-order valence-corrected chi connectivity index (χ1v) is 7.04. The first kappa shape index (κ1) is 13.8. The molecule has 0 amide bonds. The Morgan fingerprint density at radius 2 is 2.05 bits per heavy atom. The fraction of sp³-hybridized carbons (Fsp3) is 0.471. The second-order valence-electron chi connectivity index (χ2n) is 5.74. The molecule has 0 aromatic heterocycles. The first-order valence-electron chi connectivity index (χ1n) is 7.04. The molecule has 1 aromatic carbocycles. The van der Waals surface area contributed by atoms with Gasteiger partial charge in [-0.05, 0) is 55.8 Å². The monoisotopic (exact) mass is 254 g/mol. The van der Waals surface area contributed by atoms with E-state index in [4.69, 9.17) is 5.26 Å². The Kier molecular flexibility index (Phi) is 4.76. The summed E-state index contributed by atoms with van der Waals surface area (Å²) in [7, 11) is 0. The van der Waals surface area contributed by atoms with Crippen LogP contribution in [0.5, 0.6) is 0 Å². The van der Waals surface area contributed by atoms with E-state index in [9.17, 15) is 0 Å². The number of nitrogens with zero attached hydrogens (tertiary/aromatic N) is 1. The Labute approximate surface area is 116 Å². The highest BCUT2D eigenvalue weighted by Gasteiger charge is 2.17. The summed E-state index contributed by atoms with van der Waals surface area (Å²) < 4.78 is 0. The fourth-order valence-corrected chi connectivity index (χ4v) is 2.96. The highest BCUT2D eigenvalue weighted by molar-refractivity contribution is 5.31. The number of hydrogen-bond donors (Lipinski definition) is 1. The third-order valence-corrected chi connectivity index (χ3v) is 3.73. The maximum Gasteiger partial charge on any atom is 0.0991 e. The van der Waals surface area contributed by atoms with Gasteiger partial charge in [0.05, 0.1) is 11.6 Å². The topological polar surface area (TPSA) is 35.8 Å². The van der Waals surface area contributed by atoms with Crippen molar-refractivity contribution in [2.24, 2.45) is 11.8 Å². The van der Waals surface area contributed by atoms with Crippen molar-refractivity contribution in [3.63, 3.8) is 0 Å². The summed E-state index contributed by atoms with van der Waals surface area (Å²) in [4.78, 5) is 0.